The minimum atomic E-state index is 0.355. The van der Waals surface area contributed by atoms with Crippen molar-refractivity contribution < 1.29 is 0 Å². The third-order valence-electron chi connectivity index (χ3n) is 2.42. The molecule has 1 N–H and O–H groups in total. The normalized spacial score (nSPS) is 15.7. The van der Waals surface area contributed by atoms with Crippen molar-refractivity contribution in [1.29, 1.82) is 5.26 Å². The van der Waals surface area contributed by atoms with Crippen molar-refractivity contribution in [3.63, 3.8) is 0 Å². The standard InChI is InChI=1S/C9H11N5/c1-14(8-4-11-5-8)9-6-12-7(2-10)3-13-9/h3,6,8,11H,4-5H2,1H3. The molecule has 0 spiro atoms. The van der Waals surface area contributed by atoms with Gasteiger partial charge in [-0.3, -0.25) is 0 Å². The molecule has 0 amide bonds. The number of likely N-dealkylation sites (N-methyl/N-ethyl adjacent to an activating group) is 1. The van der Waals surface area contributed by atoms with Crippen molar-refractivity contribution in [3.05, 3.63) is 18.1 Å². The second-order valence-corrected chi connectivity index (χ2v) is 3.29. The van der Waals surface area contributed by atoms with Crippen LogP contribution in [0.5, 0.6) is 0 Å². The monoisotopic (exact) mass is 189 g/mol. The van der Waals surface area contributed by atoms with E-state index < -0.39 is 0 Å². The molecular weight excluding hydrogens is 178 g/mol. The molecule has 1 aromatic rings. The van der Waals surface area contributed by atoms with Crippen molar-refractivity contribution in [2.24, 2.45) is 0 Å². The fourth-order valence-electron chi connectivity index (χ4n) is 1.30. The topological polar surface area (TPSA) is 64.8 Å². The van der Waals surface area contributed by atoms with Crippen LogP contribution in [-0.2, 0) is 0 Å². The average molecular weight is 189 g/mol. The molecule has 5 heteroatoms. The third-order valence-corrected chi connectivity index (χ3v) is 2.42. The first-order valence-electron chi connectivity index (χ1n) is 4.47. The Bertz CT molecular complexity index is 348. The van der Waals surface area contributed by atoms with Gasteiger partial charge in [-0.25, -0.2) is 9.97 Å². The number of nitrogens with one attached hydrogen (secondary N) is 1. The zero-order valence-electron chi connectivity index (χ0n) is 7.94. The SMILES string of the molecule is CN(c1cnc(C#N)cn1)C1CNC1. The molecule has 2 heterocycles. The first kappa shape index (κ1) is 8.91. The van der Waals surface area contributed by atoms with Crippen LogP contribution in [0.1, 0.15) is 5.69 Å². The molecule has 1 aliphatic rings. The van der Waals surface area contributed by atoms with E-state index in [0.29, 0.717) is 11.7 Å². The number of aromatic nitrogens is 2. The van der Waals surface area contributed by atoms with Gasteiger partial charge in [-0.15, -0.1) is 0 Å². The maximum atomic E-state index is 8.56. The van der Waals surface area contributed by atoms with Gasteiger partial charge in [0, 0.05) is 20.1 Å². The molecule has 72 valence electrons. The molecule has 1 aromatic heterocycles. The van der Waals surface area contributed by atoms with Gasteiger partial charge >= 0.3 is 0 Å². The van der Waals surface area contributed by atoms with Gasteiger partial charge in [-0.05, 0) is 0 Å². The molecule has 0 aliphatic carbocycles. The van der Waals surface area contributed by atoms with Gasteiger partial charge in [0.25, 0.3) is 0 Å². The highest BCUT2D eigenvalue weighted by molar-refractivity contribution is 5.38. The highest BCUT2D eigenvalue weighted by Gasteiger charge is 2.22. The summed E-state index contributed by atoms with van der Waals surface area (Å²) < 4.78 is 0. The molecule has 1 fully saturated rings. The maximum Gasteiger partial charge on any atom is 0.158 e. The first-order valence-corrected chi connectivity index (χ1v) is 4.47. The number of nitrogens with zero attached hydrogens (tertiary/aromatic N) is 4. The van der Waals surface area contributed by atoms with Crippen LogP contribution in [0.4, 0.5) is 5.82 Å². The van der Waals surface area contributed by atoms with Gasteiger partial charge in [0.2, 0.25) is 0 Å². The van der Waals surface area contributed by atoms with Gasteiger partial charge in [0.05, 0.1) is 18.4 Å². The van der Waals surface area contributed by atoms with E-state index in [1.54, 1.807) is 6.20 Å². The molecule has 1 saturated heterocycles. The summed E-state index contributed by atoms with van der Waals surface area (Å²) in [6, 6.07) is 2.44. The van der Waals surface area contributed by atoms with Crippen LogP contribution in [0, 0.1) is 11.3 Å². The summed E-state index contributed by atoms with van der Waals surface area (Å²) in [5, 5.41) is 11.7. The average Bonchev–Trinajstić information content (AvgIpc) is 2.15. The first-order chi connectivity index (χ1) is 6.81. The summed E-state index contributed by atoms with van der Waals surface area (Å²) in [7, 11) is 1.99. The largest absolute Gasteiger partial charge is 0.353 e. The Hall–Kier alpha value is -1.67. The highest BCUT2D eigenvalue weighted by Crippen LogP contribution is 2.12. The van der Waals surface area contributed by atoms with Crippen LogP contribution in [0.2, 0.25) is 0 Å². The summed E-state index contributed by atoms with van der Waals surface area (Å²) in [6.45, 7) is 1.97. The fraction of sp³-hybridized carbons (Fsp3) is 0.444. The minimum Gasteiger partial charge on any atom is -0.353 e. The van der Waals surface area contributed by atoms with Crippen LogP contribution < -0.4 is 10.2 Å². The molecule has 0 aromatic carbocycles. The molecule has 14 heavy (non-hydrogen) atoms. The Morgan fingerprint density at radius 2 is 2.29 bits per heavy atom. The van der Waals surface area contributed by atoms with E-state index in [2.05, 4.69) is 20.2 Å². The third kappa shape index (κ3) is 1.52. The lowest BCUT2D eigenvalue weighted by molar-refractivity contribution is 0.426. The van der Waals surface area contributed by atoms with Crippen LogP contribution in [-0.4, -0.2) is 36.1 Å². The Morgan fingerprint density at radius 1 is 1.50 bits per heavy atom. The predicted molar refractivity (Wildman–Crippen MR) is 51.8 cm³/mol. The summed E-state index contributed by atoms with van der Waals surface area (Å²) in [5.74, 6) is 0.815. The molecule has 5 nitrogen and oxygen atoms in total. The molecule has 0 unspecified atom stereocenters. The van der Waals surface area contributed by atoms with E-state index in [1.165, 1.54) is 6.20 Å². The molecular formula is C9H11N5. The Balaban J connectivity index is 2.12. The Morgan fingerprint density at radius 3 is 2.71 bits per heavy atom. The Kier molecular flexibility index (Phi) is 2.29. The zero-order valence-corrected chi connectivity index (χ0v) is 7.94. The lowest BCUT2D eigenvalue weighted by Crippen LogP contribution is -2.56. The minimum absolute atomic E-state index is 0.355. The highest BCUT2D eigenvalue weighted by atomic mass is 15.3. The molecule has 0 radical (unpaired) electrons. The number of nitriles is 1. The van der Waals surface area contributed by atoms with E-state index in [1.807, 2.05) is 13.1 Å². The second kappa shape index (κ2) is 3.60. The number of hydrogen-bond donors (Lipinski definition) is 1. The van der Waals surface area contributed by atoms with Crippen LogP contribution >= 0.6 is 0 Å². The van der Waals surface area contributed by atoms with Gasteiger partial charge in [-0.2, -0.15) is 5.26 Å². The summed E-state index contributed by atoms with van der Waals surface area (Å²) in [6.07, 6.45) is 3.13. The smallest absolute Gasteiger partial charge is 0.158 e. The summed E-state index contributed by atoms with van der Waals surface area (Å²) >= 11 is 0. The zero-order chi connectivity index (χ0) is 9.97. The van der Waals surface area contributed by atoms with E-state index in [9.17, 15) is 0 Å². The summed E-state index contributed by atoms with van der Waals surface area (Å²) in [4.78, 5) is 10.2. The molecule has 1 aliphatic heterocycles. The van der Waals surface area contributed by atoms with Crippen LogP contribution in [0.25, 0.3) is 0 Å². The van der Waals surface area contributed by atoms with Crippen molar-refractivity contribution in [2.45, 2.75) is 6.04 Å². The van der Waals surface area contributed by atoms with E-state index in [4.69, 9.17) is 5.26 Å². The lowest BCUT2D eigenvalue weighted by Gasteiger charge is -2.36. The van der Waals surface area contributed by atoms with Crippen LogP contribution in [0.3, 0.4) is 0 Å². The van der Waals surface area contributed by atoms with Crippen LogP contribution in [0.15, 0.2) is 12.4 Å². The maximum absolute atomic E-state index is 8.56. The second-order valence-electron chi connectivity index (χ2n) is 3.29. The number of rotatable bonds is 2. The van der Waals surface area contributed by atoms with Crippen molar-refractivity contribution >= 4 is 5.82 Å². The molecule has 0 atom stereocenters. The van der Waals surface area contributed by atoms with Crippen molar-refractivity contribution in [3.8, 4) is 6.07 Å². The van der Waals surface area contributed by atoms with Gasteiger partial charge in [0.15, 0.2) is 5.69 Å². The number of hydrogen-bond acceptors (Lipinski definition) is 5. The summed E-state index contributed by atoms with van der Waals surface area (Å²) in [5.41, 5.74) is 0.355. The van der Waals surface area contributed by atoms with Crippen molar-refractivity contribution in [1.82, 2.24) is 15.3 Å². The predicted octanol–water partition coefficient (Wildman–Crippen LogP) is -0.244. The number of anilines is 1. The lowest BCUT2D eigenvalue weighted by atomic mass is 10.1. The Labute approximate surface area is 82.4 Å². The van der Waals surface area contributed by atoms with Gasteiger partial charge < -0.3 is 10.2 Å². The molecule has 0 saturated carbocycles. The molecule has 2 rings (SSSR count). The molecule has 0 bridgehead atoms. The van der Waals surface area contributed by atoms with Gasteiger partial charge in [0.1, 0.15) is 11.9 Å². The van der Waals surface area contributed by atoms with Gasteiger partial charge in [-0.1, -0.05) is 0 Å². The van der Waals surface area contributed by atoms with E-state index in [0.717, 1.165) is 18.9 Å². The van der Waals surface area contributed by atoms with Crippen molar-refractivity contribution in [2.75, 3.05) is 25.0 Å². The fourth-order valence-corrected chi connectivity index (χ4v) is 1.30. The van der Waals surface area contributed by atoms with E-state index >= 15 is 0 Å². The quantitative estimate of drug-likeness (QED) is 0.695. The van der Waals surface area contributed by atoms with E-state index in [-0.39, 0.29) is 0 Å².